The molecule has 0 aliphatic heterocycles. The number of rotatable bonds is 6. The van der Waals surface area contributed by atoms with Crippen molar-refractivity contribution in [1.82, 2.24) is 34.1 Å². The highest BCUT2D eigenvalue weighted by molar-refractivity contribution is 5.60. The number of aryl methyl sites for hydroxylation is 1. The lowest BCUT2D eigenvalue weighted by molar-refractivity contribution is 0.140. The fraction of sp³-hybridized carbons (Fsp3) is 0.222. The number of fused-ring (bicyclic) bond motifs is 1. The molecule has 1 N–H and O–H groups in total. The van der Waals surface area contributed by atoms with Crippen LogP contribution in [0.1, 0.15) is 24.6 Å². The highest BCUT2D eigenvalue weighted by atomic mass is 19.1. The Bertz CT molecular complexity index is 1190. The molecule has 4 aromatic heterocycles. The van der Waals surface area contributed by atoms with Crippen LogP contribution in [0.3, 0.4) is 0 Å². The van der Waals surface area contributed by atoms with Crippen molar-refractivity contribution in [2.45, 2.75) is 26.3 Å². The topological polar surface area (TPSA) is 120 Å². The van der Waals surface area contributed by atoms with E-state index in [1.807, 2.05) is 6.92 Å². The summed E-state index contributed by atoms with van der Waals surface area (Å²) in [5.74, 6) is -0.0892. The number of pyridine rings is 1. The maximum absolute atomic E-state index is 14.2. The Morgan fingerprint density at radius 1 is 1.28 bits per heavy atom. The zero-order chi connectivity index (χ0) is 20.4. The predicted molar refractivity (Wildman–Crippen MR) is 97.9 cm³/mol. The minimum Gasteiger partial charge on any atom is -0.449 e. The molecule has 0 amide bonds. The number of halogens is 1. The monoisotopic (exact) mass is 397 g/mol. The summed E-state index contributed by atoms with van der Waals surface area (Å²) < 4.78 is 21.8. The zero-order valence-electron chi connectivity index (χ0n) is 15.4. The zero-order valence-corrected chi connectivity index (χ0v) is 15.4. The van der Waals surface area contributed by atoms with Crippen LogP contribution >= 0.6 is 0 Å². The van der Waals surface area contributed by atoms with Gasteiger partial charge in [0.1, 0.15) is 12.0 Å². The Labute approximate surface area is 163 Å². The molecule has 0 bridgehead atoms. The summed E-state index contributed by atoms with van der Waals surface area (Å²) in [6.07, 6.45) is 6.17. The second-order valence-electron chi connectivity index (χ2n) is 6.16. The Hall–Kier alpha value is -3.89. The molecule has 11 heteroatoms. The molecule has 0 radical (unpaired) electrons. The molecule has 0 aliphatic rings. The molecule has 0 unspecified atom stereocenters. The largest absolute Gasteiger partial charge is 0.513 e. The van der Waals surface area contributed by atoms with Crippen molar-refractivity contribution in [2.75, 3.05) is 0 Å². The van der Waals surface area contributed by atoms with E-state index in [-0.39, 0.29) is 11.7 Å². The smallest absolute Gasteiger partial charge is 0.449 e. The first kappa shape index (κ1) is 18.5. The van der Waals surface area contributed by atoms with Crippen molar-refractivity contribution in [2.24, 2.45) is 0 Å². The quantitative estimate of drug-likeness (QED) is 0.493. The number of carboxylic acid groups (broad SMARTS) is 1. The Morgan fingerprint density at radius 2 is 2.14 bits per heavy atom. The number of aromatic nitrogens is 7. The predicted octanol–water partition coefficient (Wildman–Crippen LogP) is 2.58. The van der Waals surface area contributed by atoms with Gasteiger partial charge < -0.3 is 14.4 Å². The maximum atomic E-state index is 14.2. The molecule has 0 aromatic carbocycles. The van der Waals surface area contributed by atoms with Crippen molar-refractivity contribution in [3.8, 4) is 17.5 Å². The van der Waals surface area contributed by atoms with Gasteiger partial charge in [0.2, 0.25) is 0 Å². The van der Waals surface area contributed by atoms with Crippen LogP contribution in [0.15, 0.2) is 37.1 Å². The van der Waals surface area contributed by atoms with Gasteiger partial charge in [-0.15, -0.1) is 5.10 Å². The van der Waals surface area contributed by atoms with E-state index in [1.165, 1.54) is 29.2 Å². The van der Waals surface area contributed by atoms with Crippen molar-refractivity contribution < 1.29 is 19.0 Å². The summed E-state index contributed by atoms with van der Waals surface area (Å²) in [5.41, 5.74) is 2.09. The molecule has 0 spiro atoms. The average Bonchev–Trinajstić information content (AvgIpc) is 3.30. The second-order valence-corrected chi connectivity index (χ2v) is 6.16. The van der Waals surface area contributed by atoms with Gasteiger partial charge in [0, 0.05) is 24.2 Å². The van der Waals surface area contributed by atoms with Gasteiger partial charge in [-0.05, 0) is 18.6 Å². The maximum Gasteiger partial charge on any atom is 0.513 e. The first-order valence-electron chi connectivity index (χ1n) is 8.82. The van der Waals surface area contributed by atoms with E-state index in [2.05, 4.69) is 29.8 Å². The lowest BCUT2D eigenvalue weighted by Crippen LogP contribution is -2.10. The Kier molecular flexibility index (Phi) is 4.85. The van der Waals surface area contributed by atoms with Crippen LogP contribution in [-0.4, -0.2) is 45.4 Å². The van der Waals surface area contributed by atoms with Crippen LogP contribution in [0.2, 0.25) is 0 Å². The Balaban J connectivity index is 1.75. The van der Waals surface area contributed by atoms with Gasteiger partial charge in [-0.3, -0.25) is 0 Å². The molecule has 0 fully saturated rings. The molecular weight excluding hydrogens is 381 g/mol. The summed E-state index contributed by atoms with van der Waals surface area (Å²) in [6, 6.07) is 2.57. The molecular formula is C18H16FN7O3. The molecule has 10 nitrogen and oxygen atoms in total. The van der Waals surface area contributed by atoms with E-state index >= 15 is 0 Å². The van der Waals surface area contributed by atoms with Crippen LogP contribution in [0, 0.1) is 5.82 Å². The van der Waals surface area contributed by atoms with E-state index in [4.69, 9.17) is 5.11 Å². The van der Waals surface area contributed by atoms with E-state index in [0.29, 0.717) is 30.1 Å². The number of hydrogen-bond acceptors (Lipinski definition) is 7. The molecule has 148 valence electrons. The van der Waals surface area contributed by atoms with Gasteiger partial charge in [0.15, 0.2) is 17.3 Å². The first-order valence-corrected chi connectivity index (χ1v) is 8.82. The molecule has 4 rings (SSSR count). The summed E-state index contributed by atoms with van der Waals surface area (Å²) >= 11 is 0. The summed E-state index contributed by atoms with van der Waals surface area (Å²) in [7, 11) is 0. The highest BCUT2D eigenvalue weighted by Gasteiger charge is 2.18. The standard InChI is InChI=1S/C18H16FN7O3/c1-2-4-11-13(22-10-26-15(11)23-17(24-26)29-18(27)28)9-25-8-7-21-16(25)14-12(19)5-3-6-20-14/h3,5-8,10H,2,4,9H2,1H3,(H,27,28). The van der Waals surface area contributed by atoms with Gasteiger partial charge in [0.25, 0.3) is 0 Å². The third-order valence-electron chi connectivity index (χ3n) is 4.24. The fourth-order valence-corrected chi connectivity index (χ4v) is 3.05. The molecule has 4 heterocycles. The van der Waals surface area contributed by atoms with E-state index in [1.54, 1.807) is 17.0 Å². The van der Waals surface area contributed by atoms with Crippen molar-refractivity contribution in [3.63, 3.8) is 0 Å². The van der Waals surface area contributed by atoms with E-state index in [9.17, 15) is 9.18 Å². The summed E-state index contributed by atoms with van der Waals surface area (Å²) in [4.78, 5) is 27.7. The number of nitrogens with zero attached hydrogens (tertiary/aromatic N) is 7. The third-order valence-corrected chi connectivity index (χ3v) is 4.24. The lowest BCUT2D eigenvalue weighted by Gasteiger charge is -2.11. The summed E-state index contributed by atoms with van der Waals surface area (Å²) in [6.45, 7) is 2.31. The number of imidazole rings is 1. The van der Waals surface area contributed by atoms with Crippen molar-refractivity contribution >= 4 is 11.8 Å². The molecule has 0 aliphatic carbocycles. The van der Waals surface area contributed by atoms with Crippen LogP contribution in [0.25, 0.3) is 17.2 Å². The van der Waals surface area contributed by atoms with Gasteiger partial charge in [0.05, 0.1) is 12.2 Å². The van der Waals surface area contributed by atoms with Gasteiger partial charge in [-0.25, -0.2) is 24.1 Å². The molecule has 4 aromatic rings. The normalized spacial score (nSPS) is 11.1. The highest BCUT2D eigenvalue weighted by Crippen LogP contribution is 2.22. The van der Waals surface area contributed by atoms with Gasteiger partial charge >= 0.3 is 12.2 Å². The average molecular weight is 397 g/mol. The van der Waals surface area contributed by atoms with Crippen LogP contribution in [0.4, 0.5) is 9.18 Å². The van der Waals surface area contributed by atoms with Crippen LogP contribution in [-0.2, 0) is 13.0 Å². The first-order chi connectivity index (χ1) is 14.1. The molecule has 0 saturated carbocycles. The Morgan fingerprint density at radius 3 is 2.90 bits per heavy atom. The van der Waals surface area contributed by atoms with E-state index in [0.717, 1.165) is 12.0 Å². The molecule has 0 atom stereocenters. The lowest BCUT2D eigenvalue weighted by atomic mass is 10.1. The molecule has 29 heavy (non-hydrogen) atoms. The SMILES string of the molecule is CCCc1c(Cn2ccnc2-c2ncccc2F)ncn2nc(OC(=O)O)nc12. The minimum atomic E-state index is -1.49. The van der Waals surface area contributed by atoms with Gasteiger partial charge in [-0.1, -0.05) is 13.3 Å². The van der Waals surface area contributed by atoms with Gasteiger partial charge in [-0.2, -0.15) is 9.50 Å². The number of carbonyl (C=O) groups is 1. The van der Waals surface area contributed by atoms with Crippen LogP contribution in [0.5, 0.6) is 6.01 Å². The number of hydrogen-bond donors (Lipinski definition) is 1. The van der Waals surface area contributed by atoms with Crippen molar-refractivity contribution in [1.29, 1.82) is 0 Å². The van der Waals surface area contributed by atoms with Crippen molar-refractivity contribution in [3.05, 3.63) is 54.1 Å². The second kappa shape index (κ2) is 7.62. The van der Waals surface area contributed by atoms with E-state index < -0.39 is 12.0 Å². The summed E-state index contributed by atoms with van der Waals surface area (Å²) in [5, 5.41) is 12.7. The fourth-order valence-electron chi connectivity index (χ4n) is 3.05. The number of ether oxygens (including phenoxy) is 1. The third kappa shape index (κ3) is 3.61. The van der Waals surface area contributed by atoms with Crippen LogP contribution < -0.4 is 4.74 Å². The minimum absolute atomic E-state index is 0.148. The molecule has 0 saturated heterocycles.